The lowest BCUT2D eigenvalue weighted by atomic mass is 9.78. The molecule has 0 aromatic heterocycles. The zero-order chi connectivity index (χ0) is 20.3. The maximum Gasteiger partial charge on any atom is 0.258 e. The van der Waals surface area contributed by atoms with Crippen molar-refractivity contribution in [3.63, 3.8) is 0 Å². The van der Waals surface area contributed by atoms with Crippen molar-refractivity contribution in [2.24, 2.45) is 5.41 Å². The van der Waals surface area contributed by atoms with Crippen molar-refractivity contribution in [3.8, 4) is 0 Å². The first-order chi connectivity index (χ1) is 14.1. The lowest BCUT2D eigenvalue weighted by Crippen LogP contribution is -2.47. The normalized spacial score (nSPS) is 17.6. The fourth-order valence-electron chi connectivity index (χ4n) is 4.28. The molecule has 2 aliphatic rings. The highest BCUT2D eigenvalue weighted by Crippen LogP contribution is 2.32. The molecule has 2 heterocycles. The molecule has 2 aromatic rings. The van der Waals surface area contributed by atoms with Crippen LogP contribution in [0.2, 0.25) is 0 Å². The second kappa shape index (κ2) is 8.35. The summed E-state index contributed by atoms with van der Waals surface area (Å²) in [7, 11) is 1.63. The Morgan fingerprint density at radius 2 is 1.83 bits per heavy atom. The van der Waals surface area contributed by atoms with Crippen molar-refractivity contribution in [2.45, 2.75) is 19.3 Å². The number of nitrogens with one attached hydrogen (secondary N) is 2. The molecule has 1 saturated heterocycles. The number of carbonyl (C=O) groups is 2. The molecule has 0 atom stereocenters. The number of piperidine rings is 1. The number of ether oxygens (including phenoxy) is 1. The Balaban J connectivity index is 1.45. The van der Waals surface area contributed by atoms with Crippen molar-refractivity contribution in [1.82, 2.24) is 5.32 Å². The van der Waals surface area contributed by atoms with Crippen LogP contribution >= 0.6 is 0 Å². The van der Waals surface area contributed by atoms with E-state index in [0.29, 0.717) is 24.4 Å². The number of para-hydroxylation sites is 1. The number of carbonyl (C=O) groups excluding carboxylic acids is 2. The van der Waals surface area contributed by atoms with Crippen LogP contribution in [0.4, 0.5) is 11.4 Å². The Kier molecular flexibility index (Phi) is 5.65. The first-order valence-electron chi connectivity index (χ1n) is 10.1. The molecule has 4 rings (SSSR count). The number of nitrogens with zero attached hydrogens (tertiary/aromatic N) is 1. The second-order valence-corrected chi connectivity index (χ2v) is 7.83. The van der Waals surface area contributed by atoms with Gasteiger partial charge in [0.05, 0.1) is 12.0 Å². The van der Waals surface area contributed by atoms with Gasteiger partial charge in [-0.15, -0.1) is 0 Å². The minimum Gasteiger partial charge on any atom is -0.384 e. The second-order valence-electron chi connectivity index (χ2n) is 7.83. The van der Waals surface area contributed by atoms with E-state index in [1.807, 2.05) is 23.1 Å². The van der Waals surface area contributed by atoms with Crippen molar-refractivity contribution >= 4 is 23.2 Å². The molecule has 0 radical (unpaired) electrons. The van der Waals surface area contributed by atoms with E-state index in [9.17, 15) is 9.59 Å². The largest absolute Gasteiger partial charge is 0.384 e. The van der Waals surface area contributed by atoms with Gasteiger partial charge in [-0.1, -0.05) is 18.2 Å². The number of rotatable bonds is 5. The number of anilines is 2. The first-order valence-corrected chi connectivity index (χ1v) is 10.1. The van der Waals surface area contributed by atoms with Crippen LogP contribution in [0.3, 0.4) is 0 Å². The SMILES string of the molecule is COCC1(C(=O)Nc2ccc(C(=O)N3CCc4ccccc43)cc2)CCNCC1. The predicted octanol–water partition coefficient (Wildman–Crippen LogP) is 2.84. The molecule has 2 amide bonds. The van der Waals surface area contributed by atoms with Gasteiger partial charge in [-0.25, -0.2) is 0 Å². The summed E-state index contributed by atoms with van der Waals surface area (Å²) in [5.41, 5.74) is 3.00. The summed E-state index contributed by atoms with van der Waals surface area (Å²) in [6.45, 7) is 2.72. The van der Waals surface area contributed by atoms with Gasteiger partial charge in [0, 0.05) is 30.6 Å². The third-order valence-corrected chi connectivity index (χ3v) is 5.98. The van der Waals surface area contributed by atoms with Crippen LogP contribution in [-0.2, 0) is 16.0 Å². The van der Waals surface area contributed by atoms with Gasteiger partial charge in [0.1, 0.15) is 0 Å². The highest BCUT2D eigenvalue weighted by molar-refractivity contribution is 6.07. The predicted molar refractivity (Wildman–Crippen MR) is 113 cm³/mol. The molecule has 29 heavy (non-hydrogen) atoms. The summed E-state index contributed by atoms with van der Waals surface area (Å²) < 4.78 is 5.34. The number of benzene rings is 2. The molecule has 1 fully saturated rings. The van der Waals surface area contributed by atoms with E-state index in [2.05, 4.69) is 16.7 Å². The van der Waals surface area contributed by atoms with Gasteiger partial charge in [-0.3, -0.25) is 9.59 Å². The monoisotopic (exact) mass is 393 g/mol. The van der Waals surface area contributed by atoms with E-state index < -0.39 is 5.41 Å². The van der Waals surface area contributed by atoms with Crippen molar-refractivity contribution in [1.29, 1.82) is 0 Å². The summed E-state index contributed by atoms with van der Waals surface area (Å²) in [5.74, 6) is -0.0320. The maximum atomic E-state index is 13.0. The van der Waals surface area contributed by atoms with Crippen molar-refractivity contribution in [3.05, 3.63) is 59.7 Å². The maximum absolute atomic E-state index is 13.0. The average molecular weight is 393 g/mol. The Morgan fingerprint density at radius 3 is 2.55 bits per heavy atom. The molecule has 0 bridgehead atoms. The lowest BCUT2D eigenvalue weighted by Gasteiger charge is -2.35. The van der Waals surface area contributed by atoms with E-state index in [-0.39, 0.29) is 11.8 Å². The summed E-state index contributed by atoms with van der Waals surface area (Å²) in [4.78, 5) is 27.7. The highest BCUT2D eigenvalue weighted by Gasteiger charge is 2.39. The van der Waals surface area contributed by atoms with Crippen LogP contribution in [0.5, 0.6) is 0 Å². The number of hydrogen-bond donors (Lipinski definition) is 2. The van der Waals surface area contributed by atoms with E-state index >= 15 is 0 Å². The summed E-state index contributed by atoms with van der Waals surface area (Å²) in [6, 6.07) is 15.2. The average Bonchev–Trinajstić information content (AvgIpc) is 3.19. The van der Waals surface area contributed by atoms with Gasteiger partial charge < -0.3 is 20.3 Å². The zero-order valence-electron chi connectivity index (χ0n) is 16.7. The standard InChI is InChI=1S/C23H27N3O3/c1-29-16-23(11-13-24-14-12-23)22(28)25-19-8-6-18(7-9-19)21(27)26-15-10-17-4-2-3-5-20(17)26/h2-9,24H,10-16H2,1H3,(H,25,28). The van der Waals surface area contributed by atoms with Gasteiger partial charge >= 0.3 is 0 Å². The Morgan fingerprint density at radius 1 is 1.10 bits per heavy atom. The fraction of sp³-hybridized carbons (Fsp3) is 0.391. The highest BCUT2D eigenvalue weighted by atomic mass is 16.5. The summed E-state index contributed by atoms with van der Waals surface area (Å²) in [5, 5.41) is 6.31. The zero-order valence-corrected chi connectivity index (χ0v) is 16.7. The van der Waals surface area contributed by atoms with Crippen molar-refractivity contribution in [2.75, 3.05) is 43.6 Å². The van der Waals surface area contributed by atoms with Gasteiger partial charge in [-0.05, 0) is 68.2 Å². The Bertz CT molecular complexity index is 883. The molecule has 2 N–H and O–H groups in total. The topological polar surface area (TPSA) is 70.7 Å². The van der Waals surface area contributed by atoms with E-state index in [1.54, 1.807) is 31.4 Å². The van der Waals surface area contributed by atoms with Crippen molar-refractivity contribution < 1.29 is 14.3 Å². The van der Waals surface area contributed by atoms with Gasteiger partial charge in [0.2, 0.25) is 5.91 Å². The smallest absolute Gasteiger partial charge is 0.258 e. The summed E-state index contributed by atoms with van der Waals surface area (Å²) >= 11 is 0. The molecule has 152 valence electrons. The number of methoxy groups -OCH3 is 1. The van der Waals surface area contributed by atoms with Crippen LogP contribution in [0.1, 0.15) is 28.8 Å². The summed E-state index contributed by atoms with van der Waals surface area (Å²) in [6.07, 6.45) is 2.38. The number of fused-ring (bicyclic) bond motifs is 1. The molecular formula is C23H27N3O3. The molecule has 0 unspecified atom stereocenters. The molecule has 6 nitrogen and oxygen atoms in total. The van der Waals surface area contributed by atoms with Crippen LogP contribution in [0.15, 0.2) is 48.5 Å². The molecule has 6 heteroatoms. The van der Waals surface area contributed by atoms with E-state index in [1.165, 1.54) is 5.56 Å². The third kappa shape index (κ3) is 3.91. The Hall–Kier alpha value is -2.70. The number of hydrogen-bond acceptors (Lipinski definition) is 4. The molecule has 2 aromatic carbocycles. The van der Waals surface area contributed by atoms with Crippen LogP contribution in [0, 0.1) is 5.41 Å². The molecule has 2 aliphatic heterocycles. The Labute approximate surface area is 171 Å². The van der Waals surface area contributed by atoms with Crippen LogP contribution < -0.4 is 15.5 Å². The van der Waals surface area contributed by atoms with Crippen LogP contribution in [-0.4, -0.2) is 45.2 Å². The fourth-order valence-corrected chi connectivity index (χ4v) is 4.28. The van der Waals surface area contributed by atoms with Crippen LogP contribution in [0.25, 0.3) is 0 Å². The van der Waals surface area contributed by atoms with Gasteiger partial charge in [0.15, 0.2) is 0 Å². The lowest BCUT2D eigenvalue weighted by molar-refractivity contribution is -0.130. The number of amides is 2. The van der Waals surface area contributed by atoms with E-state index in [0.717, 1.165) is 38.0 Å². The minimum atomic E-state index is -0.506. The quantitative estimate of drug-likeness (QED) is 0.820. The molecule has 0 aliphatic carbocycles. The van der Waals surface area contributed by atoms with Gasteiger partial charge in [0.25, 0.3) is 5.91 Å². The van der Waals surface area contributed by atoms with E-state index in [4.69, 9.17) is 4.74 Å². The molecule has 0 saturated carbocycles. The first kappa shape index (κ1) is 19.6. The third-order valence-electron chi connectivity index (χ3n) is 5.98. The minimum absolute atomic E-state index is 0.0120. The molecular weight excluding hydrogens is 366 g/mol. The van der Waals surface area contributed by atoms with Gasteiger partial charge in [-0.2, -0.15) is 0 Å². The molecule has 0 spiro atoms.